The van der Waals surface area contributed by atoms with Crippen LogP contribution in [0.3, 0.4) is 0 Å². The molecular formula is C18H39N5O3. The molecule has 154 valence electrons. The molecule has 0 aliphatic carbocycles. The molecule has 0 bridgehead atoms. The third-order valence-electron chi connectivity index (χ3n) is 5.64. The van der Waals surface area contributed by atoms with Gasteiger partial charge in [-0.15, -0.1) is 0 Å². The van der Waals surface area contributed by atoms with E-state index in [1.165, 1.54) is 0 Å². The van der Waals surface area contributed by atoms with Crippen LogP contribution in [-0.4, -0.2) is 158 Å². The first-order valence-electron chi connectivity index (χ1n) is 10.2. The number of hydrogen-bond acceptors (Lipinski definition) is 8. The number of nitrogens with zero attached hydrogens (tertiary/aromatic N) is 5. The van der Waals surface area contributed by atoms with Crippen molar-refractivity contribution in [2.24, 2.45) is 0 Å². The zero-order valence-corrected chi connectivity index (χ0v) is 16.3. The average molecular weight is 374 g/mol. The summed E-state index contributed by atoms with van der Waals surface area (Å²) in [5, 5.41) is 27.2. The van der Waals surface area contributed by atoms with Crippen LogP contribution in [0.5, 0.6) is 0 Å². The predicted molar refractivity (Wildman–Crippen MR) is 103 cm³/mol. The molecule has 0 radical (unpaired) electrons. The van der Waals surface area contributed by atoms with E-state index in [1.807, 2.05) is 0 Å². The maximum atomic E-state index is 9.08. The van der Waals surface area contributed by atoms with Crippen LogP contribution in [0.1, 0.15) is 0 Å². The van der Waals surface area contributed by atoms with Crippen LogP contribution in [0.4, 0.5) is 0 Å². The van der Waals surface area contributed by atoms with Crippen molar-refractivity contribution in [1.82, 2.24) is 24.5 Å². The van der Waals surface area contributed by atoms with Crippen molar-refractivity contribution in [3.63, 3.8) is 0 Å². The summed E-state index contributed by atoms with van der Waals surface area (Å²) in [6.07, 6.45) is 0. The lowest BCUT2D eigenvalue weighted by Crippen LogP contribution is -2.52. The van der Waals surface area contributed by atoms with E-state index < -0.39 is 0 Å². The van der Waals surface area contributed by atoms with Gasteiger partial charge in [-0.2, -0.15) is 0 Å². The number of aliphatic hydroxyl groups excluding tert-OH is 3. The normalized spacial score (nSPS) is 21.7. The minimum Gasteiger partial charge on any atom is -0.395 e. The molecule has 0 aromatic carbocycles. The Bertz CT molecular complexity index is 342. The van der Waals surface area contributed by atoms with Gasteiger partial charge >= 0.3 is 0 Å². The summed E-state index contributed by atoms with van der Waals surface area (Å²) in [5.74, 6) is 0. The Morgan fingerprint density at radius 3 is 1.23 bits per heavy atom. The van der Waals surface area contributed by atoms with Crippen LogP contribution in [0.25, 0.3) is 0 Å². The molecule has 2 fully saturated rings. The first kappa shape index (κ1) is 22.0. The largest absolute Gasteiger partial charge is 0.395 e. The Balaban J connectivity index is 1.54. The number of piperazine rings is 2. The summed E-state index contributed by atoms with van der Waals surface area (Å²) in [6, 6.07) is 0. The summed E-state index contributed by atoms with van der Waals surface area (Å²) in [6.45, 7) is 15.8. The van der Waals surface area contributed by atoms with Gasteiger partial charge in [0.25, 0.3) is 0 Å². The maximum Gasteiger partial charge on any atom is 0.0558 e. The van der Waals surface area contributed by atoms with Crippen LogP contribution in [-0.2, 0) is 0 Å². The molecule has 0 aromatic rings. The molecule has 26 heavy (non-hydrogen) atoms. The zero-order chi connectivity index (χ0) is 18.6. The van der Waals surface area contributed by atoms with E-state index in [0.29, 0.717) is 13.1 Å². The van der Waals surface area contributed by atoms with Crippen molar-refractivity contribution in [3.8, 4) is 0 Å². The number of rotatable bonds is 12. The first-order chi connectivity index (χ1) is 12.7. The Hall–Kier alpha value is -0.320. The Labute approximate surface area is 158 Å². The van der Waals surface area contributed by atoms with Crippen molar-refractivity contribution >= 4 is 0 Å². The molecule has 3 N–H and O–H groups in total. The summed E-state index contributed by atoms with van der Waals surface area (Å²) in [7, 11) is 0. The van der Waals surface area contributed by atoms with E-state index in [9.17, 15) is 0 Å². The molecule has 8 heteroatoms. The van der Waals surface area contributed by atoms with Gasteiger partial charge in [0.2, 0.25) is 0 Å². The van der Waals surface area contributed by atoms with Gasteiger partial charge < -0.3 is 15.3 Å². The quantitative estimate of drug-likeness (QED) is 0.347. The molecule has 0 atom stereocenters. The zero-order valence-electron chi connectivity index (χ0n) is 16.3. The maximum absolute atomic E-state index is 9.08. The van der Waals surface area contributed by atoms with Crippen LogP contribution < -0.4 is 0 Å². The highest BCUT2D eigenvalue weighted by Crippen LogP contribution is 2.05. The minimum absolute atomic E-state index is 0.155. The third kappa shape index (κ3) is 8.14. The van der Waals surface area contributed by atoms with Gasteiger partial charge in [-0.25, -0.2) is 0 Å². The lowest BCUT2D eigenvalue weighted by Gasteiger charge is -2.38. The number of hydrogen-bond donors (Lipinski definition) is 3. The first-order valence-corrected chi connectivity index (χ1v) is 10.2. The fourth-order valence-electron chi connectivity index (χ4n) is 3.80. The molecule has 2 aliphatic heterocycles. The van der Waals surface area contributed by atoms with E-state index in [0.717, 1.165) is 85.1 Å². The lowest BCUT2D eigenvalue weighted by atomic mass is 10.2. The number of β-amino-alcohol motifs (C(OH)–C–C–N with tert-alkyl or cyclic N) is 1. The Kier molecular flexibility index (Phi) is 11.0. The molecule has 2 rings (SSSR count). The van der Waals surface area contributed by atoms with Gasteiger partial charge in [-0.3, -0.25) is 24.5 Å². The van der Waals surface area contributed by atoms with Crippen LogP contribution in [0, 0.1) is 0 Å². The molecule has 0 spiro atoms. The van der Waals surface area contributed by atoms with Gasteiger partial charge in [0.15, 0.2) is 0 Å². The highest BCUT2D eigenvalue weighted by molar-refractivity contribution is 4.76. The summed E-state index contributed by atoms with van der Waals surface area (Å²) < 4.78 is 0. The molecular weight excluding hydrogens is 334 g/mol. The molecule has 0 amide bonds. The lowest BCUT2D eigenvalue weighted by molar-refractivity contribution is 0.0813. The van der Waals surface area contributed by atoms with Gasteiger partial charge in [0, 0.05) is 98.2 Å². The van der Waals surface area contributed by atoms with Gasteiger partial charge in [0.05, 0.1) is 19.8 Å². The van der Waals surface area contributed by atoms with Crippen molar-refractivity contribution in [2.75, 3.05) is 118 Å². The standard InChI is InChI=1S/C18H39N5O3/c24-16-13-22-10-7-21(8-11-22)6-3-19-1-4-20(5-2-19)9-12-23(14-17-25)15-18-26/h24-26H,1-18H2. The molecule has 2 heterocycles. The van der Waals surface area contributed by atoms with Crippen molar-refractivity contribution < 1.29 is 15.3 Å². The van der Waals surface area contributed by atoms with Crippen LogP contribution in [0.2, 0.25) is 0 Å². The van der Waals surface area contributed by atoms with Crippen molar-refractivity contribution in [1.29, 1.82) is 0 Å². The molecule has 2 aliphatic rings. The Morgan fingerprint density at radius 1 is 0.462 bits per heavy atom. The molecule has 8 nitrogen and oxygen atoms in total. The molecule has 0 unspecified atom stereocenters. The third-order valence-corrected chi connectivity index (χ3v) is 5.64. The summed E-state index contributed by atoms with van der Waals surface area (Å²) in [4.78, 5) is 12.1. The van der Waals surface area contributed by atoms with E-state index in [-0.39, 0.29) is 19.8 Å². The predicted octanol–water partition coefficient (Wildman–Crippen LogP) is -2.50. The number of aliphatic hydroxyl groups is 3. The average Bonchev–Trinajstić information content (AvgIpc) is 2.67. The van der Waals surface area contributed by atoms with Crippen molar-refractivity contribution in [3.05, 3.63) is 0 Å². The SMILES string of the molecule is OCCN(CCO)CCN1CCN(CCN2CCN(CCO)CC2)CC1. The second-order valence-corrected chi connectivity index (χ2v) is 7.38. The minimum atomic E-state index is 0.155. The highest BCUT2D eigenvalue weighted by Gasteiger charge is 2.20. The Morgan fingerprint density at radius 2 is 0.846 bits per heavy atom. The summed E-state index contributed by atoms with van der Waals surface area (Å²) in [5.41, 5.74) is 0. The second-order valence-electron chi connectivity index (χ2n) is 7.38. The van der Waals surface area contributed by atoms with Crippen molar-refractivity contribution in [2.45, 2.75) is 0 Å². The van der Waals surface area contributed by atoms with E-state index in [1.54, 1.807) is 0 Å². The summed E-state index contributed by atoms with van der Waals surface area (Å²) >= 11 is 0. The second kappa shape index (κ2) is 13.0. The van der Waals surface area contributed by atoms with E-state index in [2.05, 4.69) is 24.5 Å². The molecule has 2 saturated heterocycles. The van der Waals surface area contributed by atoms with E-state index >= 15 is 0 Å². The fraction of sp³-hybridized carbons (Fsp3) is 1.00. The monoisotopic (exact) mass is 373 g/mol. The fourth-order valence-corrected chi connectivity index (χ4v) is 3.80. The topological polar surface area (TPSA) is 76.9 Å². The van der Waals surface area contributed by atoms with Crippen LogP contribution >= 0.6 is 0 Å². The van der Waals surface area contributed by atoms with Gasteiger partial charge in [-0.1, -0.05) is 0 Å². The molecule has 0 aromatic heterocycles. The highest BCUT2D eigenvalue weighted by atomic mass is 16.3. The van der Waals surface area contributed by atoms with Gasteiger partial charge in [-0.05, 0) is 0 Å². The molecule has 0 saturated carbocycles. The smallest absolute Gasteiger partial charge is 0.0558 e. The van der Waals surface area contributed by atoms with E-state index in [4.69, 9.17) is 15.3 Å². The van der Waals surface area contributed by atoms with Crippen LogP contribution in [0.15, 0.2) is 0 Å². The van der Waals surface area contributed by atoms with Gasteiger partial charge in [0.1, 0.15) is 0 Å².